The number of hydrogen-bond donors (Lipinski definition) is 4. The van der Waals surface area contributed by atoms with Gasteiger partial charge in [0.15, 0.2) is 0 Å². The summed E-state index contributed by atoms with van der Waals surface area (Å²) in [6, 6.07) is 4.38. The Morgan fingerprint density at radius 1 is 0.966 bits per heavy atom. The van der Waals surface area contributed by atoms with Crippen molar-refractivity contribution in [3.63, 3.8) is 0 Å². The van der Waals surface area contributed by atoms with Gasteiger partial charge in [0.2, 0.25) is 0 Å². The van der Waals surface area contributed by atoms with Crippen LogP contribution in [0, 0.1) is 24.0 Å². The van der Waals surface area contributed by atoms with Gasteiger partial charge in [-0.25, -0.2) is 19.6 Å². The lowest BCUT2D eigenvalue weighted by molar-refractivity contribution is -0.385. The van der Waals surface area contributed by atoms with E-state index in [0.29, 0.717) is 22.1 Å². The average Bonchev–Trinajstić information content (AvgIpc) is 3.32. The summed E-state index contributed by atoms with van der Waals surface area (Å²) in [5, 5.41) is 28.5. The molecular weight excluding hydrogens is 382 g/mol. The molecule has 148 valence electrons. The number of rotatable bonds is 3. The lowest BCUT2D eigenvalue weighted by atomic mass is 10.1. The average molecular weight is 397 g/mol. The number of H-pyrrole nitrogens is 2. The molecule has 2 heterocycles. The second-order valence-corrected chi connectivity index (χ2v) is 6.12. The second kappa shape index (κ2) is 7.38. The minimum absolute atomic E-state index is 0.148. The van der Waals surface area contributed by atoms with Crippen molar-refractivity contribution in [3.05, 3.63) is 63.2 Å². The number of hydrogen-bond acceptors (Lipinski definition) is 6. The molecule has 0 fully saturated rings. The van der Waals surface area contributed by atoms with E-state index in [1.165, 1.54) is 19.6 Å². The Bertz CT molecular complexity index is 1270. The van der Waals surface area contributed by atoms with E-state index in [-0.39, 0.29) is 16.8 Å². The quantitative estimate of drug-likeness (QED) is 0.301. The molecule has 0 saturated carbocycles. The maximum absolute atomic E-state index is 10.9. The van der Waals surface area contributed by atoms with Crippen LogP contribution >= 0.6 is 0 Å². The maximum Gasteiger partial charge on any atom is 0.338 e. The zero-order valence-electron chi connectivity index (χ0n) is 15.3. The fraction of sp³-hybridized carbons (Fsp3) is 0.111. The van der Waals surface area contributed by atoms with E-state index < -0.39 is 16.9 Å². The Kier molecular flexibility index (Phi) is 4.96. The SMILES string of the molecule is Cc1c([N+](=O)[O-])cc(C(=O)O)c2[nH]cnc12.Cc1ccc(C(=O)O)c2[nH]cnc12. The number of nitro benzene ring substituents is 1. The molecular formula is C18H15N5O6. The summed E-state index contributed by atoms with van der Waals surface area (Å²) in [4.78, 5) is 45.2. The highest BCUT2D eigenvalue weighted by Gasteiger charge is 2.21. The first-order valence-corrected chi connectivity index (χ1v) is 8.22. The first kappa shape index (κ1) is 19.5. The molecule has 0 atom stereocenters. The number of fused-ring (bicyclic) bond motifs is 2. The van der Waals surface area contributed by atoms with Crippen LogP contribution in [-0.4, -0.2) is 47.0 Å². The minimum Gasteiger partial charge on any atom is -0.478 e. The molecule has 0 bridgehead atoms. The fourth-order valence-corrected chi connectivity index (χ4v) is 2.93. The number of nitrogens with zero attached hydrogens (tertiary/aromatic N) is 3. The van der Waals surface area contributed by atoms with Crippen LogP contribution in [0.15, 0.2) is 30.9 Å². The molecule has 2 aromatic heterocycles. The van der Waals surface area contributed by atoms with Gasteiger partial charge in [0.25, 0.3) is 5.69 Å². The van der Waals surface area contributed by atoms with E-state index in [1.807, 2.05) is 6.92 Å². The van der Waals surface area contributed by atoms with Gasteiger partial charge in [-0.15, -0.1) is 0 Å². The lowest BCUT2D eigenvalue weighted by Crippen LogP contribution is -2.01. The molecule has 4 rings (SSSR count). The summed E-state index contributed by atoms with van der Waals surface area (Å²) < 4.78 is 0. The number of aromatic amines is 2. The summed E-state index contributed by atoms with van der Waals surface area (Å²) in [6.45, 7) is 3.43. The summed E-state index contributed by atoms with van der Waals surface area (Å²) in [5.74, 6) is -2.16. The van der Waals surface area contributed by atoms with Crippen LogP contribution < -0.4 is 0 Å². The molecule has 0 spiro atoms. The highest BCUT2D eigenvalue weighted by molar-refractivity contribution is 6.03. The summed E-state index contributed by atoms with van der Waals surface area (Å²) in [6.07, 6.45) is 2.82. The Labute approximate surface area is 162 Å². The number of aromatic carboxylic acids is 2. The minimum atomic E-state index is -1.22. The van der Waals surface area contributed by atoms with Crippen LogP contribution in [0.2, 0.25) is 0 Å². The molecule has 0 aliphatic rings. The van der Waals surface area contributed by atoms with Crippen molar-refractivity contribution < 1.29 is 24.7 Å². The first-order valence-electron chi connectivity index (χ1n) is 8.22. The molecule has 4 aromatic rings. The van der Waals surface area contributed by atoms with E-state index in [4.69, 9.17) is 10.2 Å². The smallest absolute Gasteiger partial charge is 0.338 e. The van der Waals surface area contributed by atoms with E-state index in [2.05, 4.69) is 19.9 Å². The molecule has 0 aliphatic heterocycles. The summed E-state index contributed by atoms with van der Waals surface area (Å²) >= 11 is 0. The predicted octanol–water partition coefficient (Wildman–Crippen LogP) is 3.05. The number of carboxylic acid groups (broad SMARTS) is 2. The number of aromatic nitrogens is 4. The van der Waals surface area contributed by atoms with Gasteiger partial charge in [-0.2, -0.15) is 0 Å². The van der Waals surface area contributed by atoms with Gasteiger partial charge in [0.05, 0.1) is 56.3 Å². The molecule has 11 nitrogen and oxygen atoms in total. The molecule has 0 amide bonds. The number of carbonyl (C=O) groups is 2. The van der Waals surface area contributed by atoms with Crippen molar-refractivity contribution in [3.8, 4) is 0 Å². The van der Waals surface area contributed by atoms with Crippen LogP contribution in [-0.2, 0) is 0 Å². The highest BCUT2D eigenvalue weighted by atomic mass is 16.6. The standard InChI is InChI=1S/C9H7N3O4.C9H8N2O2/c1-4-6(12(15)16)2-5(9(13)14)8-7(4)10-3-11-8;1-5-2-3-6(9(12)13)8-7(5)10-4-11-8/h2-3H,1H3,(H,10,11)(H,13,14);2-4H,1H3,(H,10,11)(H,12,13). The number of benzene rings is 2. The predicted molar refractivity (Wildman–Crippen MR) is 102 cm³/mol. The van der Waals surface area contributed by atoms with Crippen LogP contribution in [0.3, 0.4) is 0 Å². The molecule has 11 heteroatoms. The molecule has 2 aromatic carbocycles. The van der Waals surface area contributed by atoms with Gasteiger partial charge in [-0.1, -0.05) is 6.07 Å². The highest BCUT2D eigenvalue weighted by Crippen LogP contribution is 2.28. The molecule has 29 heavy (non-hydrogen) atoms. The van der Waals surface area contributed by atoms with E-state index >= 15 is 0 Å². The molecule has 4 N–H and O–H groups in total. The number of nitrogens with one attached hydrogen (secondary N) is 2. The third-order valence-electron chi connectivity index (χ3n) is 4.37. The maximum atomic E-state index is 10.9. The Morgan fingerprint density at radius 2 is 1.52 bits per heavy atom. The van der Waals surface area contributed by atoms with Crippen molar-refractivity contribution in [2.45, 2.75) is 13.8 Å². The van der Waals surface area contributed by atoms with Crippen molar-refractivity contribution in [2.24, 2.45) is 0 Å². The van der Waals surface area contributed by atoms with Crippen LogP contribution in [0.1, 0.15) is 31.8 Å². The van der Waals surface area contributed by atoms with Crippen molar-refractivity contribution in [2.75, 3.05) is 0 Å². The fourth-order valence-electron chi connectivity index (χ4n) is 2.93. The largest absolute Gasteiger partial charge is 0.478 e. The molecule has 0 aliphatic carbocycles. The third-order valence-corrected chi connectivity index (χ3v) is 4.37. The normalized spacial score (nSPS) is 10.6. The molecule has 0 unspecified atom stereocenters. The summed E-state index contributed by atoms with van der Waals surface area (Å²) in [7, 11) is 0. The summed E-state index contributed by atoms with van der Waals surface area (Å²) in [5.41, 5.74) is 3.13. The van der Waals surface area contributed by atoms with Gasteiger partial charge >= 0.3 is 11.9 Å². The van der Waals surface area contributed by atoms with Crippen LogP contribution in [0.4, 0.5) is 5.69 Å². The Hall–Kier alpha value is -4.28. The second-order valence-electron chi connectivity index (χ2n) is 6.12. The monoisotopic (exact) mass is 397 g/mol. The lowest BCUT2D eigenvalue weighted by Gasteiger charge is -2.01. The van der Waals surface area contributed by atoms with Crippen molar-refractivity contribution in [1.82, 2.24) is 19.9 Å². The zero-order valence-corrected chi connectivity index (χ0v) is 15.3. The third kappa shape index (κ3) is 3.48. The number of carboxylic acids is 2. The van der Waals surface area contributed by atoms with Crippen LogP contribution in [0.5, 0.6) is 0 Å². The van der Waals surface area contributed by atoms with Gasteiger partial charge in [-0.05, 0) is 25.5 Å². The number of imidazole rings is 2. The van der Waals surface area contributed by atoms with Gasteiger partial charge in [0, 0.05) is 6.07 Å². The van der Waals surface area contributed by atoms with Crippen molar-refractivity contribution in [1.29, 1.82) is 0 Å². The van der Waals surface area contributed by atoms with Gasteiger partial charge in [0.1, 0.15) is 0 Å². The Balaban J connectivity index is 0.000000169. The van der Waals surface area contributed by atoms with E-state index in [9.17, 15) is 19.7 Å². The van der Waals surface area contributed by atoms with Crippen LogP contribution in [0.25, 0.3) is 22.1 Å². The van der Waals surface area contributed by atoms with Gasteiger partial charge < -0.3 is 20.2 Å². The molecule has 0 saturated heterocycles. The molecule has 0 radical (unpaired) electrons. The van der Waals surface area contributed by atoms with E-state index in [1.54, 1.807) is 12.1 Å². The number of aryl methyl sites for hydroxylation is 2. The van der Waals surface area contributed by atoms with E-state index in [0.717, 1.165) is 17.1 Å². The topological polar surface area (TPSA) is 175 Å². The van der Waals surface area contributed by atoms with Crippen molar-refractivity contribution >= 4 is 39.7 Å². The van der Waals surface area contributed by atoms with Gasteiger partial charge in [-0.3, -0.25) is 10.1 Å². The number of nitro groups is 1. The Morgan fingerprint density at radius 3 is 2.07 bits per heavy atom. The zero-order chi connectivity index (χ0) is 21.3. The first-order chi connectivity index (χ1) is 13.7.